The SMILES string of the molecule is Cc1cc(O)ccc1/C=C/C=C/C(=O)O. The topological polar surface area (TPSA) is 57.5 Å². The Balaban J connectivity index is 2.77. The Hall–Kier alpha value is -2.03. The molecule has 15 heavy (non-hydrogen) atoms. The van der Waals surface area contributed by atoms with Crippen molar-refractivity contribution in [2.24, 2.45) is 0 Å². The second kappa shape index (κ2) is 5.00. The first-order valence-corrected chi connectivity index (χ1v) is 4.47. The number of benzene rings is 1. The van der Waals surface area contributed by atoms with E-state index in [1.165, 1.54) is 6.08 Å². The van der Waals surface area contributed by atoms with E-state index in [4.69, 9.17) is 10.2 Å². The fourth-order valence-electron chi connectivity index (χ4n) is 1.14. The van der Waals surface area contributed by atoms with E-state index in [-0.39, 0.29) is 5.75 Å². The van der Waals surface area contributed by atoms with Crippen LogP contribution in [0.1, 0.15) is 11.1 Å². The lowest BCUT2D eigenvalue weighted by Gasteiger charge is -1.99. The lowest BCUT2D eigenvalue weighted by molar-refractivity contribution is -0.131. The highest BCUT2D eigenvalue weighted by molar-refractivity contribution is 5.80. The van der Waals surface area contributed by atoms with Gasteiger partial charge in [0.1, 0.15) is 5.75 Å². The fraction of sp³-hybridized carbons (Fsp3) is 0.0833. The van der Waals surface area contributed by atoms with Crippen LogP contribution in [0.5, 0.6) is 5.75 Å². The zero-order chi connectivity index (χ0) is 11.3. The van der Waals surface area contributed by atoms with Crippen LogP contribution in [0.25, 0.3) is 6.08 Å². The number of aryl methyl sites for hydroxylation is 1. The molecule has 0 amide bonds. The van der Waals surface area contributed by atoms with Gasteiger partial charge >= 0.3 is 5.97 Å². The molecule has 1 rings (SSSR count). The summed E-state index contributed by atoms with van der Waals surface area (Å²) < 4.78 is 0. The van der Waals surface area contributed by atoms with Gasteiger partial charge in [0.05, 0.1) is 0 Å². The molecule has 0 unspecified atom stereocenters. The molecule has 3 nitrogen and oxygen atoms in total. The van der Waals surface area contributed by atoms with Gasteiger partial charge in [0.2, 0.25) is 0 Å². The Morgan fingerprint density at radius 1 is 1.33 bits per heavy atom. The third-order valence-electron chi connectivity index (χ3n) is 1.88. The average molecular weight is 204 g/mol. The summed E-state index contributed by atoms with van der Waals surface area (Å²) in [7, 11) is 0. The van der Waals surface area contributed by atoms with Gasteiger partial charge in [-0.3, -0.25) is 0 Å². The molecule has 0 bridgehead atoms. The van der Waals surface area contributed by atoms with Gasteiger partial charge < -0.3 is 10.2 Å². The van der Waals surface area contributed by atoms with Gasteiger partial charge in [-0.05, 0) is 30.2 Å². The molecule has 1 aromatic rings. The molecule has 2 N–H and O–H groups in total. The number of aromatic hydroxyl groups is 1. The molecule has 0 aromatic heterocycles. The van der Waals surface area contributed by atoms with Crippen LogP contribution in [0.4, 0.5) is 0 Å². The van der Waals surface area contributed by atoms with Crippen molar-refractivity contribution in [2.45, 2.75) is 6.92 Å². The highest BCUT2D eigenvalue weighted by Crippen LogP contribution is 2.16. The minimum atomic E-state index is -0.970. The Morgan fingerprint density at radius 2 is 2.07 bits per heavy atom. The quantitative estimate of drug-likeness (QED) is 0.587. The summed E-state index contributed by atoms with van der Waals surface area (Å²) >= 11 is 0. The molecule has 3 heteroatoms. The number of allylic oxidation sites excluding steroid dienone is 2. The van der Waals surface area contributed by atoms with Crippen LogP contribution in [0.3, 0.4) is 0 Å². The van der Waals surface area contributed by atoms with Gasteiger partial charge in [0.15, 0.2) is 0 Å². The summed E-state index contributed by atoms with van der Waals surface area (Å²) in [6.45, 7) is 1.88. The monoisotopic (exact) mass is 204 g/mol. The van der Waals surface area contributed by atoms with Crippen LogP contribution in [0.2, 0.25) is 0 Å². The van der Waals surface area contributed by atoms with E-state index in [1.54, 1.807) is 30.4 Å². The van der Waals surface area contributed by atoms with Crippen LogP contribution < -0.4 is 0 Å². The summed E-state index contributed by atoms with van der Waals surface area (Å²) in [4.78, 5) is 10.2. The van der Waals surface area contributed by atoms with Crippen LogP contribution in [0.15, 0.2) is 36.4 Å². The fourth-order valence-corrected chi connectivity index (χ4v) is 1.14. The Bertz CT molecular complexity index is 417. The Labute approximate surface area is 88.0 Å². The largest absolute Gasteiger partial charge is 0.508 e. The standard InChI is InChI=1S/C12H12O3/c1-9-8-11(13)7-6-10(9)4-2-3-5-12(14)15/h2-8,13H,1H3,(H,14,15)/b4-2+,5-3+. The zero-order valence-corrected chi connectivity index (χ0v) is 8.34. The summed E-state index contributed by atoms with van der Waals surface area (Å²) in [5.74, 6) is -0.743. The number of carboxylic acid groups (broad SMARTS) is 1. The molecular weight excluding hydrogens is 192 g/mol. The van der Waals surface area contributed by atoms with Gasteiger partial charge in [-0.1, -0.05) is 24.3 Å². The molecule has 1 aromatic carbocycles. The molecule has 78 valence electrons. The number of carbonyl (C=O) groups is 1. The van der Waals surface area contributed by atoms with E-state index in [0.717, 1.165) is 17.2 Å². The van der Waals surface area contributed by atoms with E-state index in [2.05, 4.69) is 0 Å². The van der Waals surface area contributed by atoms with Crippen molar-refractivity contribution < 1.29 is 15.0 Å². The molecule has 0 fully saturated rings. The molecular formula is C12H12O3. The molecule has 0 atom stereocenters. The smallest absolute Gasteiger partial charge is 0.328 e. The zero-order valence-electron chi connectivity index (χ0n) is 8.34. The van der Waals surface area contributed by atoms with Crippen molar-refractivity contribution in [2.75, 3.05) is 0 Å². The minimum absolute atomic E-state index is 0.228. The summed E-state index contributed by atoms with van der Waals surface area (Å²) in [5.41, 5.74) is 1.89. The van der Waals surface area contributed by atoms with Crippen LogP contribution in [0, 0.1) is 6.92 Å². The number of aliphatic carboxylic acids is 1. The van der Waals surface area contributed by atoms with Crippen molar-refractivity contribution in [1.29, 1.82) is 0 Å². The molecule has 0 saturated carbocycles. The average Bonchev–Trinajstić information content (AvgIpc) is 2.14. The molecule has 0 aliphatic carbocycles. The minimum Gasteiger partial charge on any atom is -0.508 e. The second-order valence-corrected chi connectivity index (χ2v) is 3.10. The molecule has 0 radical (unpaired) electrons. The molecule has 0 saturated heterocycles. The molecule has 0 aliphatic rings. The predicted molar refractivity (Wildman–Crippen MR) is 58.7 cm³/mol. The van der Waals surface area contributed by atoms with E-state index in [1.807, 2.05) is 6.92 Å². The van der Waals surface area contributed by atoms with Crippen LogP contribution >= 0.6 is 0 Å². The third kappa shape index (κ3) is 3.68. The van der Waals surface area contributed by atoms with Gasteiger partial charge in [-0.25, -0.2) is 4.79 Å². The number of rotatable bonds is 3. The third-order valence-corrected chi connectivity index (χ3v) is 1.88. The number of hydrogen-bond donors (Lipinski definition) is 2. The molecule has 0 heterocycles. The van der Waals surface area contributed by atoms with Crippen LogP contribution in [-0.4, -0.2) is 16.2 Å². The number of phenols is 1. The van der Waals surface area contributed by atoms with Crippen molar-refractivity contribution in [3.8, 4) is 5.75 Å². The van der Waals surface area contributed by atoms with E-state index >= 15 is 0 Å². The second-order valence-electron chi connectivity index (χ2n) is 3.10. The molecule has 0 spiro atoms. The highest BCUT2D eigenvalue weighted by Gasteiger charge is 1.94. The first kappa shape index (κ1) is 11.0. The van der Waals surface area contributed by atoms with Gasteiger partial charge in [0.25, 0.3) is 0 Å². The molecule has 0 aliphatic heterocycles. The van der Waals surface area contributed by atoms with Crippen molar-refractivity contribution >= 4 is 12.0 Å². The van der Waals surface area contributed by atoms with E-state index in [9.17, 15) is 4.79 Å². The highest BCUT2D eigenvalue weighted by atomic mass is 16.4. The number of carboxylic acids is 1. The van der Waals surface area contributed by atoms with Crippen molar-refractivity contribution in [3.63, 3.8) is 0 Å². The maximum atomic E-state index is 10.2. The predicted octanol–water partition coefficient (Wildman–Crippen LogP) is 2.35. The normalized spacial score (nSPS) is 11.3. The van der Waals surface area contributed by atoms with E-state index < -0.39 is 5.97 Å². The van der Waals surface area contributed by atoms with Crippen molar-refractivity contribution in [1.82, 2.24) is 0 Å². The van der Waals surface area contributed by atoms with Crippen LogP contribution in [-0.2, 0) is 4.79 Å². The number of hydrogen-bond acceptors (Lipinski definition) is 2. The summed E-state index contributed by atoms with van der Waals surface area (Å²) in [6.07, 6.45) is 5.95. The maximum absolute atomic E-state index is 10.2. The Kier molecular flexibility index (Phi) is 3.68. The van der Waals surface area contributed by atoms with Gasteiger partial charge in [-0.15, -0.1) is 0 Å². The lowest BCUT2D eigenvalue weighted by atomic mass is 10.1. The summed E-state index contributed by atoms with van der Waals surface area (Å²) in [5, 5.41) is 17.5. The van der Waals surface area contributed by atoms with Gasteiger partial charge in [0, 0.05) is 6.08 Å². The Morgan fingerprint density at radius 3 is 2.67 bits per heavy atom. The maximum Gasteiger partial charge on any atom is 0.328 e. The summed E-state index contributed by atoms with van der Waals surface area (Å²) in [6, 6.07) is 5.02. The van der Waals surface area contributed by atoms with E-state index in [0.29, 0.717) is 0 Å². The first-order valence-electron chi connectivity index (χ1n) is 4.47. The van der Waals surface area contributed by atoms with Gasteiger partial charge in [-0.2, -0.15) is 0 Å². The lowest BCUT2D eigenvalue weighted by Crippen LogP contribution is -1.84. The number of phenolic OH excluding ortho intramolecular Hbond substituents is 1. The first-order chi connectivity index (χ1) is 7.09. The van der Waals surface area contributed by atoms with Crippen molar-refractivity contribution in [3.05, 3.63) is 47.6 Å².